The van der Waals surface area contributed by atoms with Crippen LogP contribution in [0.2, 0.25) is 0 Å². The van der Waals surface area contributed by atoms with E-state index in [1.807, 2.05) is 0 Å². The molecule has 1 amide bonds. The van der Waals surface area contributed by atoms with Gasteiger partial charge in [-0.15, -0.1) is 0 Å². The summed E-state index contributed by atoms with van der Waals surface area (Å²) in [7, 11) is 0. The second-order valence-corrected chi connectivity index (χ2v) is 3.58. The molecular formula is C11H11NO5. The van der Waals surface area contributed by atoms with Crippen molar-refractivity contribution in [1.29, 1.82) is 0 Å². The summed E-state index contributed by atoms with van der Waals surface area (Å²) in [5.41, 5.74) is 1.24. The van der Waals surface area contributed by atoms with Gasteiger partial charge >= 0.3 is 5.97 Å². The third-order valence-electron chi connectivity index (χ3n) is 2.33. The van der Waals surface area contributed by atoms with E-state index in [2.05, 4.69) is 5.32 Å². The van der Waals surface area contributed by atoms with Crippen LogP contribution in [0.5, 0.6) is 11.5 Å². The van der Waals surface area contributed by atoms with Gasteiger partial charge in [0.25, 0.3) is 5.91 Å². The first-order valence-electron chi connectivity index (χ1n) is 4.99. The van der Waals surface area contributed by atoms with E-state index in [0.29, 0.717) is 22.7 Å². The van der Waals surface area contributed by atoms with Gasteiger partial charge in [-0.25, -0.2) is 4.79 Å². The Morgan fingerprint density at radius 1 is 1.59 bits per heavy atom. The number of hydrogen-bond acceptors (Lipinski definition) is 4. The minimum Gasteiger partial charge on any atom is -0.481 e. The molecule has 0 saturated carbocycles. The van der Waals surface area contributed by atoms with E-state index in [1.54, 1.807) is 19.1 Å². The number of fused-ring (bicyclic) bond motifs is 1. The maximum atomic E-state index is 11.1. The molecule has 0 bridgehead atoms. The smallest absolute Gasteiger partial charge is 0.341 e. The fraction of sp³-hybridized carbons (Fsp3) is 0.273. The summed E-state index contributed by atoms with van der Waals surface area (Å²) in [5, 5.41) is 11.2. The van der Waals surface area contributed by atoms with E-state index in [0.717, 1.165) is 0 Å². The summed E-state index contributed by atoms with van der Waals surface area (Å²) in [6.45, 7) is 1.29. The van der Waals surface area contributed by atoms with Gasteiger partial charge in [-0.1, -0.05) is 0 Å². The highest BCUT2D eigenvalue weighted by Crippen LogP contribution is 2.36. The van der Waals surface area contributed by atoms with Crippen molar-refractivity contribution >= 4 is 17.6 Å². The highest BCUT2D eigenvalue weighted by atomic mass is 16.5. The SMILES string of the molecule is Cc1c(OCC(=O)O)ccc2c1OCC(=O)N2. The second kappa shape index (κ2) is 4.32. The maximum absolute atomic E-state index is 11.1. The van der Waals surface area contributed by atoms with Crippen molar-refractivity contribution in [2.45, 2.75) is 6.92 Å². The largest absolute Gasteiger partial charge is 0.481 e. The number of ether oxygens (including phenoxy) is 2. The molecule has 1 aromatic rings. The predicted octanol–water partition coefficient (Wildman–Crippen LogP) is 0.789. The van der Waals surface area contributed by atoms with Gasteiger partial charge in [-0.05, 0) is 19.1 Å². The molecule has 0 unspecified atom stereocenters. The van der Waals surface area contributed by atoms with Crippen LogP contribution in [0.3, 0.4) is 0 Å². The minimum atomic E-state index is -1.05. The van der Waals surface area contributed by atoms with Crippen molar-refractivity contribution < 1.29 is 24.2 Å². The Hall–Kier alpha value is -2.24. The van der Waals surface area contributed by atoms with Crippen LogP contribution < -0.4 is 14.8 Å². The Morgan fingerprint density at radius 2 is 2.35 bits per heavy atom. The predicted molar refractivity (Wildman–Crippen MR) is 58.4 cm³/mol. The fourth-order valence-corrected chi connectivity index (χ4v) is 1.58. The number of carboxylic acid groups (broad SMARTS) is 1. The second-order valence-electron chi connectivity index (χ2n) is 3.58. The summed E-state index contributed by atoms with van der Waals surface area (Å²) in [6.07, 6.45) is 0. The van der Waals surface area contributed by atoms with Gasteiger partial charge in [0.15, 0.2) is 13.2 Å². The molecule has 0 fully saturated rings. The average Bonchev–Trinajstić information content (AvgIpc) is 2.27. The lowest BCUT2D eigenvalue weighted by Crippen LogP contribution is -2.26. The standard InChI is InChI=1S/C11H11NO5/c1-6-8(16-5-10(14)15)3-2-7-11(6)17-4-9(13)12-7/h2-3H,4-5H2,1H3,(H,12,13)(H,14,15). The van der Waals surface area contributed by atoms with Crippen LogP contribution >= 0.6 is 0 Å². The van der Waals surface area contributed by atoms with Crippen molar-refractivity contribution in [2.24, 2.45) is 0 Å². The van der Waals surface area contributed by atoms with Crippen LogP contribution in [0, 0.1) is 6.92 Å². The first-order valence-corrected chi connectivity index (χ1v) is 4.99. The van der Waals surface area contributed by atoms with E-state index in [9.17, 15) is 9.59 Å². The van der Waals surface area contributed by atoms with E-state index in [-0.39, 0.29) is 12.5 Å². The molecule has 1 aliphatic rings. The molecule has 0 aliphatic carbocycles. The van der Waals surface area contributed by atoms with Gasteiger partial charge in [0.05, 0.1) is 5.69 Å². The summed E-state index contributed by atoms with van der Waals surface area (Å²) in [6, 6.07) is 3.22. The lowest BCUT2D eigenvalue weighted by atomic mass is 10.1. The van der Waals surface area contributed by atoms with Gasteiger partial charge < -0.3 is 19.9 Å². The number of carbonyl (C=O) groups is 2. The lowest BCUT2D eigenvalue weighted by Gasteiger charge is -2.21. The molecule has 2 N–H and O–H groups in total. The molecule has 17 heavy (non-hydrogen) atoms. The lowest BCUT2D eigenvalue weighted by molar-refractivity contribution is -0.139. The van der Waals surface area contributed by atoms with Crippen LogP contribution in [0.25, 0.3) is 0 Å². The fourth-order valence-electron chi connectivity index (χ4n) is 1.58. The molecule has 0 aromatic heterocycles. The van der Waals surface area contributed by atoms with E-state index >= 15 is 0 Å². The van der Waals surface area contributed by atoms with Gasteiger partial charge in [-0.3, -0.25) is 4.79 Å². The van der Waals surface area contributed by atoms with Crippen molar-refractivity contribution in [3.63, 3.8) is 0 Å². The van der Waals surface area contributed by atoms with Crippen LogP contribution in [0.1, 0.15) is 5.56 Å². The molecule has 1 aliphatic heterocycles. The third-order valence-corrected chi connectivity index (χ3v) is 2.33. The minimum absolute atomic E-state index is 0.0454. The molecule has 1 aromatic carbocycles. The van der Waals surface area contributed by atoms with Crippen LogP contribution in [-0.4, -0.2) is 30.2 Å². The van der Waals surface area contributed by atoms with Gasteiger partial charge in [0, 0.05) is 5.56 Å². The quantitative estimate of drug-likeness (QED) is 0.811. The Kier molecular flexibility index (Phi) is 2.86. The molecule has 6 nitrogen and oxygen atoms in total. The topological polar surface area (TPSA) is 84.9 Å². The van der Waals surface area contributed by atoms with Crippen molar-refractivity contribution in [3.8, 4) is 11.5 Å². The number of benzene rings is 1. The molecule has 90 valence electrons. The number of rotatable bonds is 3. The van der Waals surface area contributed by atoms with Gasteiger partial charge in [-0.2, -0.15) is 0 Å². The van der Waals surface area contributed by atoms with Crippen molar-refractivity contribution in [1.82, 2.24) is 0 Å². The summed E-state index contributed by atoms with van der Waals surface area (Å²) < 4.78 is 10.4. The van der Waals surface area contributed by atoms with E-state index in [4.69, 9.17) is 14.6 Å². The van der Waals surface area contributed by atoms with Gasteiger partial charge in [0.2, 0.25) is 0 Å². The maximum Gasteiger partial charge on any atom is 0.341 e. The zero-order valence-electron chi connectivity index (χ0n) is 9.15. The Labute approximate surface area is 97.1 Å². The number of anilines is 1. The number of carboxylic acids is 1. The molecule has 0 saturated heterocycles. The first kappa shape index (κ1) is 11.3. The molecule has 1 heterocycles. The van der Waals surface area contributed by atoms with E-state index in [1.165, 1.54) is 0 Å². The Morgan fingerprint density at radius 3 is 3.06 bits per heavy atom. The van der Waals surface area contributed by atoms with Crippen LogP contribution in [0.4, 0.5) is 5.69 Å². The highest BCUT2D eigenvalue weighted by molar-refractivity contribution is 5.96. The Bertz CT molecular complexity index is 483. The summed E-state index contributed by atoms with van der Waals surface area (Å²) in [5.74, 6) is -0.303. The van der Waals surface area contributed by atoms with Crippen LogP contribution in [-0.2, 0) is 9.59 Å². The zero-order valence-corrected chi connectivity index (χ0v) is 9.15. The molecule has 2 rings (SSSR count). The van der Waals surface area contributed by atoms with Crippen molar-refractivity contribution in [2.75, 3.05) is 18.5 Å². The first-order chi connectivity index (χ1) is 8.08. The molecule has 0 radical (unpaired) electrons. The highest BCUT2D eigenvalue weighted by Gasteiger charge is 2.20. The normalized spacial score (nSPS) is 13.4. The summed E-state index contributed by atoms with van der Waals surface area (Å²) >= 11 is 0. The van der Waals surface area contributed by atoms with Crippen LogP contribution in [0.15, 0.2) is 12.1 Å². The number of hydrogen-bond donors (Lipinski definition) is 2. The molecular weight excluding hydrogens is 226 g/mol. The van der Waals surface area contributed by atoms with Gasteiger partial charge in [0.1, 0.15) is 11.5 Å². The molecule has 6 heteroatoms. The number of nitrogens with one attached hydrogen (secondary N) is 1. The zero-order chi connectivity index (χ0) is 12.4. The van der Waals surface area contributed by atoms with E-state index < -0.39 is 12.6 Å². The average molecular weight is 237 g/mol. The third kappa shape index (κ3) is 2.30. The van der Waals surface area contributed by atoms with Crippen molar-refractivity contribution in [3.05, 3.63) is 17.7 Å². The number of carbonyl (C=O) groups excluding carboxylic acids is 1. The molecule has 0 spiro atoms. The Balaban J connectivity index is 2.26. The number of amides is 1. The summed E-state index contributed by atoms with van der Waals surface area (Å²) in [4.78, 5) is 21.5. The number of aliphatic carboxylic acids is 1. The monoisotopic (exact) mass is 237 g/mol. The molecule has 0 atom stereocenters.